The van der Waals surface area contributed by atoms with Gasteiger partial charge in [0.15, 0.2) is 0 Å². The molecule has 0 saturated carbocycles. The first kappa shape index (κ1) is 16.0. The molecule has 0 aliphatic heterocycles. The van der Waals surface area contributed by atoms with Gasteiger partial charge >= 0.3 is 0 Å². The van der Waals surface area contributed by atoms with E-state index in [0.29, 0.717) is 5.69 Å². The van der Waals surface area contributed by atoms with Gasteiger partial charge in [-0.05, 0) is 13.8 Å². The van der Waals surface area contributed by atoms with Crippen molar-refractivity contribution in [2.75, 3.05) is 5.32 Å². The van der Waals surface area contributed by atoms with Gasteiger partial charge in [0.1, 0.15) is 5.78 Å². The zero-order valence-corrected chi connectivity index (χ0v) is 13.4. The van der Waals surface area contributed by atoms with Crippen LogP contribution in [0.2, 0.25) is 0 Å². The summed E-state index contributed by atoms with van der Waals surface area (Å²) in [7, 11) is 0. The van der Waals surface area contributed by atoms with E-state index in [1.165, 1.54) is 6.92 Å². The Balaban J connectivity index is 0.00000256. The van der Waals surface area contributed by atoms with E-state index in [0.717, 1.165) is 11.1 Å². The standard InChI is InChI=1S/C13H16NO2.W/c1-8-5-6-12(9(2)7-8)14-13(16)10(3)11(4)15;/h6-7,10H,1-4H3,(H,14,16);/q-1;. The second-order valence-electron chi connectivity index (χ2n) is 4.03. The van der Waals surface area contributed by atoms with Crippen LogP contribution >= 0.6 is 0 Å². The molecule has 0 radical (unpaired) electrons. The van der Waals surface area contributed by atoms with Crippen molar-refractivity contribution in [3.63, 3.8) is 0 Å². The van der Waals surface area contributed by atoms with Crippen LogP contribution in [0.4, 0.5) is 5.69 Å². The molecule has 0 heterocycles. The molecule has 0 spiro atoms. The van der Waals surface area contributed by atoms with E-state index in [1.54, 1.807) is 13.0 Å². The van der Waals surface area contributed by atoms with Crippen molar-refractivity contribution < 1.29 is 30.7 Å². The van der Waals surface area contributed by atoms with E-state index in [2.05, 4.69) is 11.4 Å². The van der Waals surface area contributed by atoms with Crippen LogP contribution in [0.25, 0.3) is 0 Å². The Morgan fingerprint density at radius 1 is 1.35 bits per heavy atom. The molecule has 0 aliphatic carbocycles. The van der Waals surface area contributed by atoms with Gasteiger partial charge in [-0.25, -0.2) is 0 Å². The molecule has 1 aromatic rings. The van der Waals surface area contributed by atoms with Gasteiger partial charge in [-0.2, -0.15) is 23.8 Å². The van der Waals surface area contributed by atoms with Gasteiger partial charge in [0.25, 0.3) is 0 Å². The summed E-state index contributed by atoms with van der Waals surface area (Å²) >= 11 is 0. The Morgan fingerprint density at radius 2 is 1.94 bits per heavy atom. The van der Waals surface area contributed by atoms with Gasteiger partial charge in [0, 0.05) is 21.1 Å². The van der Waals surface area contributed by atoms with Crippen LogP contribution in [0.5, 0.6) is 0 Å². The van der Waals surface area contributed by atoms with Crippen LogP contribution in [0.3, 0.4) is 0 Å². The molecule has 0 aromatic heterocycles. The normalized spacial score (nSPS) is 11.3. The molecule has 1 unspecified atom stereocenters. The van der Waals surface area contributed by atoms with E-state index in [-0.39, 0.29) is 32.8 Å². The van der Waals surface area contributed by atoms with E-state index >= 15 is 0 Å². The minimum Gasteiger partial charge on any atom is -0.379 e. The molecule has 17 heavy (non-hydrogen) atoms. The second kappa shape index (κ2) is 6.70. The van der Waals surface area contributed by atoms with Crippen LogP contribution in [-0.2, 0) is 30.7 Å². The second-order valence-corrected chi connectivity index (χ2v) is 4.03. The van der Waals surface area contributed by atoms with Crippen molar-refractivity contribution in [1.82, 2.24) is 0 Å². The molecule has 92 valence electrons. The van der Waals surface area contributed by atoms with Gasteiger partial charge in [-0.1, -0.05) is 19.5 Å². The first-order valence-corrected chi connectivity index (χ1v) is 5.22. The minimum atomic E-state index is -0.610. The molecule has 4 heteroatoms. The van der Waals surface area contributed by atoms with Gasteiger partial charge in [0.2, 0.25) is 5.91 Å². The Morgan fingerprint density at radius 3 is 2.41 bits per heavy atom. The van der Waals surface area contributed by atoms with E-state index < -0.39 is 5.92 Å². The summed E-state index contributed by atoms with van der Waals surface area (Å²) in [5.74, 6) is -1.01. The number of Topliss-reactive ketones (excluding diaryl/α,β-unsaturated/α-hetero) is 1. The molecule has 1 amide bonds. The van der Waals surface area contributed by atoms with Gasteiger partial charge in [-0.15, -0.1) is 5.56 Å². The summed E-state index contributed by atoms with van der Waals surface area (Å²) in [4.78, 5) is 22.7. The number of ketones is 1. The van der Waals surface area contributed by atoms with Crippen molar-refractivity contribution >= 4 is 17.4 Å². The molecule has 0 fully saturated rings. The quantitative estimate of drug-likeness (QED) is 0.623. The molecule has 1 aromatic carbocycles. The monoisotopic (exact) mass is 402 g/mol. The van der Waals surface area contributed by atoms with Crippen molar-refractivity contribution in [1.29, 1.82) is 0 Å². The van der Waals surface area contributed by atoms with E-state index in [4.69, 9.17) is 0 Å². The number of benzene rings is 1. The van der Waals surface area contributed by atoms with Crippen molar-refractivity contribution in [3.8, 4) is 0 Å². The number of hydrogen-bond donors (Lipinski definition) is 1. The molecule has 0 bridgehead atoms. The number of hydrogen-bond acceptors (Lipinski definition) is 2. The van der Waals surface area contributed by atoms with Crippen LogP contribution in [-0.4, -0.2) is 11.7 Å². The smallest absolute Gasteiger partial charge is 0.223 e. The summed E-state index contributed by atoms with van der Waals surface area (Å²) in [6, 6.07) is 6.68. The Hall–Kier alpha value is -0.952. The molecular weight excluding hydrogens is 386 g/mol. The number of carbonyl (C=O) groups excluding carboxylic acids is 2. The summed E-state index contributed by atoms with van der Waals surface area (Å²) < 4.78 is 0. The maximum absolute atomic E-state index is 11.6. The fourth-order valence-electron chi connectivity index (χ4n) is 1.30. The van der Waals surface area contributed by atoms with Crippen LogP contribution in [0.1, 0.15) is 25.0 Å². The summed E-state index contributed by atoms with van der Waals surface area (Å²) in [6.45, 7) is 6.87. The minimum absolute atomic E-state index is 0. The SMILES string of the molecule is CC(=O)C(C)C(=O)Nc1c[c-]c(C)cc1C.[W]. The largest absolute Gasteiger partial charge is 0.379 e. The first-order valence-electron chi connectivity index (χ1n) is 5.22. The molecule has 0 saturated heterocycles. The fourth-order valence-corrected chi connectivity index (χ4v) is 1.30. The number of rotatable bonds is 3. The zero-order chi connectivity index (χ0) is 12.3. The van der Waals surface area contributed by atoms with Crippen LogP contribution in [0, 0.1) is 25.8 Å². The predicted octanol–water partition coefficient (Wildman–Crippen LogP) is 2.26. The van der Waals surface area contributed by atoms with Crippen LogP contribution < -0.4 is 5.32 Å². The number of anilines is 1. The molecule has 1 atom stereocenters. The Labute approximate surface area is 116 Å². The third kappa shape index (κ3) is 4.43. The number of carbonyl (C=O) groups is 2. The van der Waals surface area contributed by atoms with E-state index in [9.17, 15) is 9.59 Å². The average Bonchev–Trinajstić information content (AvgIpc) is 2.20. The first-order chi connectivity index (χ1) is 7.41. The number of aryl methyl sites for hydroxylation is 2. The summed E-state index contributed by atoms with van der Waals surface area (Å²) in [6.07, 6.45) is 0. The summed E-state index contributed by atoms with van der Waals surface area (Å²) in [5, 5.41) is 2.73. The van der Waals surface area contributed by atoms with Gasteiger partial charge in [0.05, 0.1) is 5.92 Å². The van der Waals surface area contributed by atoms with Crippen molar-refractivity contribution in [2.45, 2.75) is 27.7 Å². The van der Waals surface area contributed by atoms with Gasteiger partial charge in [-0.3, -0.25) is 9.59 Å². The number of amides is 1. The molecule has 1 rings (SSSR count). The molecule has 1 N–H and O–H groups in total. The zero-order valence-electron chi connectivity index (χ0n) is 10.5. The molecular formula is C13H16NO2W-. The van der Waals surface area contributed by atoms with Gasteiger partial charge < -0.3 is 5.32 Å². The third-order valence-corrected chi connectivity index (χ3v) is 2.56. The predicted molar refractivity (Wildman–Crippen MR) is 63.2 cm³/mol. The molecule has 3 nitrogen and oxygen atoms in total. The Kier molecular flexibility index (Phi) is 6.33. The molecule has 0 aliphatic rings. The average molecular weight is 402 g/mol. The summed E-state index contributed by atoms with van der Waals surface area (Å²) in [5.41, 5.74) is 2.71. The van der Waals surface area contributed by atoms with Crippen molar-refractivity contribution in [3.05, 3.63) is 29.3 Å². The van der Waals surface area contributed by atoms with E-state index in [1.807, 2.05) is 19.9 Å². The van der Waals surface area contributed by atoms with Crippen molar-refractivity contribution in [2.24, 2.45) is 5.92 Å². The maximum atomic E-state index is 11.6. The van der Waals surface area contributed by atoms with Crippen LogP contribution in [0.15, 0.2) is 12.1 Å². The Bertz CT molecular complexity index is 429. The fraction of sp³-hybridized carbons (Fsp3) is 0.385. The topological polar surface area (TPSA) is 46.2 Å². The third-order valence-electron chi connectivity index (χ3n) is 2.56. The number of nitrogens with one attached hydrogen (secondary N) is 1. The maximum Gasteiger partial charge on any atom is 0.223 e.